The van der Waals surface area contributed by atoms with Crippen molar-refractivity contribution >= 4 is 34.6 Å². The van der Waals surface area contributed by atoms with Crippen LogP contribution in [0, 0.1) is 0 Å². The van der Waals surface area contributed by atoms with Crippen molar-refractivity contribution in [3.05, 3.63) is 39.4 Å². The number of halogens is 2. The zero-order valence-corrected chi connectivity index (χ0v) is 13.3. The number of allylic oxidation sites excluding steroid dienone is 1. The first kappa shape index (κ1) is 13.8. The van der Waals surface area contributed by atoms with Gasteiger partial charge in [-0.25, -0.2) is 0 Å². The maximum atomic E-state index is 5.88. The largest absolute Gasteiger partial charge is 1.00 e. The van der Waals surface area contributed by atoms with E-state index in [9.17, 15) is 0 Å². The molecule has 15 heavy (non-hydrogen) atoms. The molecule has 0 unspecified atom stereocenters. The zero-order chi connectivity index (χ0) is 10.1. The van der Waals surface area contributed by atoms with Crippen LogP contribution >= 0.6 is 23.2 Å². The molecule has 0 saturated heterocycles. The first-order valence-corrected chi connectivity index (χ1v) is 5.14. The Morgan fingerprint density at radius 3 is 2.67 bits per heavy atom. The molecule has 0 fully saturated rings. The predicted molar refractivity (Wildman–Crippen MR) is 61.5 cm³/mol. The van der Waals surface area contributed by atoms with Crippen molar-refractivity contribution < 1.29 is 51.4 Å². The minimum atomic E-state index is 0. The van der Waals surface area contributed by atoms with Gasteiger partial charge in [0, 0.05) is 0 Å². The molecule has 0 aliphatic carbocycles. The van der Waals surface area contributed by atoms with Crippen LogP contribution in [0.4, 0.5) is 11.4 Å². The van der Waals surface area contributed by atoms with E-state index in [2.05, 4.69) is 17.6 Å². The smallest absolute Gasteiger partial charge is 0.457 e. The summed E-state index contributed by atoms with van der Waals surface area (Å²) in [7, 11) is 0. The molecule has 1 aromatic carbocycles. The second-order valence-corrected chi connectivity index (χ2v) is 3.83. The molecule has 0 aromatic heterocycles. The summed E-state index contributed by atoms with van der Waals surface area (Å²) in [4.78, 5) is 0. The first-order valence-electron chi connectivity index (χ1n) is 4.38. The van der Waals surface area contributed by atoms with Crippen LogP contribution in [0.3, 0.4) is 0 Å². The Labute approximate surface area is 142 Å². The van der Waals surface area contributed by atoms with Crippen molar-refractivity contribution in [3.8, 4) is 0 Å². The Bertz CT molecular complexity index is 372. The van der Waals surface area contributed by atoms with Crippen LogP contribution in [0.2, 0.25) is 10.0 Å². The van der Waals surface area contributed by atoms with Gasteiger partial charge in [-0.3, -0.25) is 0 Å². The second-order valence-electron chi connectivity index (χ2n) is 3.02. The average molecular weight is 267 g/mol. The number of benzene rings is 1. The van der Waals surface area contributed by atoms with Crippen LogP contribution in [0.25, 0.3) is 5.32 Å². The molecule has 0 saturated carbocycles. The SMILES string of the molecule is CC/C=C1\[N-]c2cc(Cl)c(Cl)cc2N1.[K+]. The molecule has 1 aromatic rings. The van der Waals surface area contributed by atoms with Gasteiger partial charge in [0.25, 0.3) is 0 Å². The minimum absolute atomic E-state index is 0. The number of nitrogens with one attached hydrogen (secondary N) is 1. The fraction of sp³-hybridized carbons (Fsp3) is 0.200. The molecule has 1 heterocycles. The van der Waals surface area contributed by atoms with Gasteiger partial charge in [-0.15, -0.1) is 0 Å². The van der Waals surface area contributed by atoms with E-state index in [0.717, 1.165) is 23.6 Å². The third kappa shape index (κ3) is 3.13. The van der Waals surface area contributed by atoms with Crippen LogP contribution < -0.4 is 56.7 Å². The topological polar surface area (TPSA) is 26.1 Å². The number of rotatable bonds is 1. The third-order valence-corrected chi connectivity index (χ3v) is 2.66. The summed E-state index contributed by atoms with van der Waals surface area (Å²) in [6.07, 6.45) is 2.96. The molecular weight excluding hydrogens is 258 g/mol. The molecule has 0 amide bonds. The van der Waals surface area contributed by atoms with E-state index in [1.54, 1.807) is 12.1 Å². The predicted octanol–water partition coefficient (Wildman–Crippen LogP) is 1.68. The third-order valence-electron chi connectivity index (χ3n) is 1.94. The molecule has 1 aliphatic rings. The van der Waals surface area contributed by atoms with E-state index in [4.69, 9.17) is 23.2 Å². The molecule has 2 nitrogen and oxygen atoms in total. The van der Waals surface area contributed by atoms with Gasteiger partial charge in [-0.1, -0.05) is 42.0 Å². The van der Waals surface area contributed by atoms with Crippen molar-refractivity contribution in [2.45, 2.75) is 13.3 Å². The van der Waals surface area contributed by atoms with Gasteiger partial charge >= 0.3 is 51.4 Å². The van der Waals surface area contributed by atoms with Gasteiger partial charge in [0.2, 0.25) is 0 Å². The Kier molecular flexibility index (Phi) is 5.46. The van der Waals surface area contributed by atoms with Gasteiger partial charge in [0.15, 0.2) is 0 Å². The molecule has 1 aliphatic heterocycles. The molecule has 74 valence electrons. The maximum absolute atomic E-state index is 5.88. The molecule has 2 rings (SSSR count). The molecule has 0 radical (unpaired) electrons. The number of hydrogen-bond acceptors (Lipinski definition) is 1. The molecule has 0 spiro atoms. The summed E-state index contributed by atoms with van der Waals surface area (Å²) in [6, 6.07) is 3.56. The maximum Gasteiger partial charge on any atom is 1.00 e. The Morgan fingerprint density at radius 2 is 2.00 bits per heavy atom. The van der Waals surface area contributed by atoms with Crippen LogP contribution in [-0.2, 0) is 0 Å². The van der Waals surface area contributed by atoms with Crippen molar-refractivity contribution in [1.29, 1.82) is 0 Å². The standard InChI is InChI=1S/C10H9Cl2N2.K/c1-2-3-10-13-8-4-6(11)7(12)5-9(8)14-10;/h3-5,13H,2H2,1H3;/q-1;+1/b10-3-;. The zero-order valence-electron chi connectivity index (χ0n) is 8.64. The van der Waals surface area contributed by atoms with Crippen LogP contribution in [0.15, 0.2) is 24.0 Å². The summed E-state index contributed by atoms with van der Waals surface area (Å²) in [6.45, 7) is 2.06. The van der Waals surface area contributed by atoms with Gasteiger partial charge in [0.05, 0.1) is 10.0 Å². The van der Waals surface area contributed by atoms with E-state index in [1.807, 2.05) is 6.08 Å². The van der Waals surface area contributed by atoms with Crippen LogP contribution in [-0.4, -0.2) is 0 Å². The van der Waals surface area contributed by atoms with Crippen molar-refractivity contribution in [3.63, 3.8) is 0 Å². The molecule has 0 atom stereocenters. The Morgan fingerprint density at radius 1 is 1.33 bits per heavy atom. The number of nitrogens with zero attached hydrogens (tertiary/aromatic N) is 1. The van der Waals surface area contributed by atoms with Gasteiger partial charge in [0.1, 0.15) is 0 Å². The van der Waals surface area contributed by atoms with Crippen molar-refractivity contribution in [2.75, 3.05) is 5.32 Å². The molecule has 1 N–H and O–H groups in total. The summed E-state index contributed by atoms with van der Waals surface area (Å²) in [5.41, 5.74) is 1.76. The van der Waals surface area contributed by atoms with Crippen molar-refractivity contribution in [1.82, 2.24) is 0 Å². The molecule has 5 heteroatoms. The quantitative estimate of drug-likeness (QED) is 0.770. The Hall–Kier alpha value is 0.776. The summed E-state index contributed by atoms with van der Waals surface area (Å²) >= 11 is 11.8. The fourth-order valence-electron chi connectivity index (χ4n) is 1.31. The summed E-state index contributed by atoms with van der Waals surface area (Å²) < 4.78 is 0. The molecule has 0 bridgehead atoms. The van der Waals surface area contributed by atoms with Crippen molar-refractivity contribution in [2.24, 2.45) is 0 Å². The summed E-state index contributed by atoms with van der Waals surface area (Å²) in [5.74, 6) is 0.862. The normalized spacial score (nSPS) is 15.3. The monoisotopic (exact) mass is 266 g/mol. The second kappa shape index (κ2) is 5.91. The number of anilines is 1. The van der Waals surface area contributed by atoms with Crippen LogP contribution in [0.1, 0.15) is 13.3 Å². The number of fused-ring (bicyclic) bond motifs is 1. The first-order chi connectivity index (χ1) is 6.70. The van der Waals surface area contributed by atoms with E-state index in [1.165, 1.54) is 0 Å². The van der Waals surface area contributed by atoms with Gasteiger partial charge in [-0.05, 0) is 29.9 Å². The number of hydrogen-bond donors (Lipinski definition) is 1. The van der Waals surface area contributed by atoms with E-state index < -0.39 is 0 Å². The van der Waals surface area contributed by atoms with Gasteiger partial charge in [-0.2, -0.15) is 0 Å². The van der Waals surface area contributed by atoms with Crippen LogP contribution in [0.5, 0.6) is 0 Å². The average Bonchev–Trinajstić information content (AvgIpc) is 2.48. The fourth-order valence-corrected chi connectivity index (χ4v) is 1.64. The minimum Gasteiger partial charge on any atom is -0.457 e. The van der Waals surface area contributed by atoms with Gasteiger partial charge < -0.3 is 10.6 Å². The van der Waals surface area contributed by atoms with E-state index in [-0.39, 0.29) is 51.4 Å². The van der Waals surface area contributed by atoms with E-state index >= 15 is 0 Å². The van der Waals surface area contributed by atoms with E-state index in [0.29, 0.717) is 10.0 Å². The molecular formula is C10H9Cl2KN2. The Balaban J connectivity index is 0.00000112. The summed E-state index contributed by atoms with van der Waals surface area (Å²) in [5, 5.41) is 8.59.